The summed E-state index contributed by atoms with van der Waals surface area (Å²) < 4.78 is 26.5. The van der Waals surface area contributed by atoms with Crippen LogP contribution in [0.4, 0.5) is 8.78 Å². The first-order valence-electron chi connectivity index (χ1n) is 5.59. The van der Waals surface area contributed by atoms with Crippen LogP contribution in [-0.4, -0.2) is 23.8 Å². The maximum atomic E-state index is 13.5. The zero-order chi connectivity index (χ0) is 13.0. The molecule has 1 heterocycles. The topological polar surface area (TPSA) is 37.8 Å². The molecule has 1 aromatic heterocycles. The first-order valence-corrected chi connectivity index (χ1v) is 6.41. The molecule has 0 aliphatic heterocycles. The van der Waals surface area contributed by atoms with Gasteiger partial charge in [0.15, 0.2) is 11.6 Å². The normalized spacial score (nSPS) is 10.8. The Morgan fingerprint density at radius 2 is 2.00 bits per heavy atom. The molecule has 0 bridgehead atoms. The molecule has 0 spiro atoms. The average molecular weight is 269 g/mol. The SMILES string of the molecule is CNCCc1nnc(Cc2cccc(F)c2F)s1. The number of hydrogen-bond acceptors (Lipinski definition) is 4. The minimum atomic E-state index is -0.826. The summed E-state index contributed by atoms with van der Waals surface area (Å²) in [6.45, 7) is 0.822. The van der Waals surface area contributed by atoms with Crippen LogP contribution in [0.3, 0.4) is 0 Å². The summed E-state index contributed by atoms with van der Waals surface area (Å²) in [6, 6.07) is 4.17. The molecule has 96 valence electrons. The third-order valence-electron chi connectivity index (χ3n) is 2.47. The van der Waals surface area contributed by atoms with Gasteiger partial charge in [0.05, 0.1) is 0 Å². The van der Waals surface area contributed by atoms with Gasteiger partial charge in [-0.05, 0) is 18.7 Å². The van der Waals surface area contributed by atoms with Crippen LogP contribution in [-0.2, 0) is 12.8 Å². The Morgan fingerprint density at radius 1 is 1.22 bits per heavy atom. The maximum Gasteiger partial charge on any atom is 0.162 e. The Labute approximate surface area is 108 Å². The Hall–Kier alpha value is -1.40. The predicted molar refractivity (Wildman–Crippen MR) is 66.7 cm³/mol. The molecule has 0 unspecified atom stereocenters. The molecule has 0 aliphatic rings. The molecule has 0 atom stereocenters. The third-order valence-corrected chi connectivity index (χ3v) is 3.45. The van der Waals surface area contributed by atoms with E-state index in [9.17, 15) is 8.78 Å². The highest BCUT2D eigenvalue weighted by Gasteiger charge is 2.11. The van der Waals surface area contributed by atoms with Gasteiger partial charge in [-0.15, -0.1) is 21.5 Å². The monoisotopic (exact) mass is 269 g/mol. The van der Waals surface area contributed by atoms with Gasteiger partial charge in [-0.3, -0.25) is 0 Å². The third kappa shape index (κ3) is 3.08. The molecule has 18 heavy (non-hydrogen) atoms. The van der Waals surface area contributed by atoms with Gasteiger partial charge in [-0.25, -0.2) is 8.78 Å². The second kappa shape index (κ2) is 5.97. The van der Waals surface area contributed by atoms with Crippen molar-refractivity contribution in [2.75, 3.05) is 13.6 Å². The molecule has 0 saturated heterocycles. The summed E-state index contributed by atoms with van der Waals surface area (Å²) in [4.78, 5) is 0. The van der Waals surface area contributed by atoms with Crippen molar-refractivity contribution in [3.8, 4) is 0 Å². The highest BCUT2D eigenvalue weighted by molar-refractivity contribution is 7.11. The molecule has 0 aliphatic carbocycles. The molecule has 1 N–H and O–H groups in total. The number of likely N-dealkylation sites (N-methyl/N-ethyl adjacent to an activating group) is 1. The van der Waals surface area contributed by atoms with Gasteiger partial charge in [-0.2, -0.15) is 0 Å². The van der Waals surface area contributed by atoms with E-state index >= 15 is 0 Å². The number of aromatic nitrogens is 2. The van der Waals surface area contributed by atoms with Crippen molar-refractivity contribution in [3.05, 3.63) is 45.4 Å². The van der Waals surface area contributed by atoms with Crippen LogP contribution in [0, 0.1) is 11.6 Å². The number of hydrogen-bond donors (Lipinski definition) is 1. The number of nitrogens with one attached hydrogen (secondary N) is 1. The molecule has 0 radical (unpaired) electrons. The molecule has 2 rings (SSSR count). The van der Waals surface area contributed by atoms with Crippen LogP contribution in [0.1, 0.15) is 15.6 Å². The predicted octanol–water partition coefficient (Wildman–Crippen LogP) is 2.17. The van der Waals surface area contributed by atoms with Crippen LogP contribution in [0.2, 0.25) is 0 Å². The minimum Gasteiger partial charge on any atom is -0.319 e. The largest absolute Gasteiger partial charge is 0.319 e. The smallest absolute Gasteiger partial charge is 0.162 e. The molecule has 3 nitrogen and oxygen atoms in total. The van der Waals surface area contributed by atoms with Gasteiger partial charge in [0.2, 0.25) is 0 Å². The van der Waals surface area contributed by atoms with Crippen molar-refractivity contribution in [2.24, 2.45) is 0 Å². The van der Waals surface area contributed by atoms with Gasteiger partial charge >= 0.3 is 0 Å². The molecule has 1 aromatic carbocycles. The van der Waals surface area contributed by atoms with Crippen LogP contribution >= 0.6 is 11.3 Å². The van der Waals surface area contributed by atoms with Crippen LogP contribution < -0.4 is 5.32 Å². The van der Waals surface area contributed by atoms with Crippen LogP contribution in [0.15, 0.2) is 18.2 Å². The second-order valence-electron chi connectivity index (χ2n) is 3.83. The molecule has 6 heteroatoms. The van der Waals surface area contributed by atoms with Gasteiger partial charge in [0.1, 0.15) is 10.0 Å². The lowest BCUT2D eigenvalue weighted by Crippen LogP contribution is -2.09. The summed E-state index contributed by atoms with van der Waals surface area (Å²) in [5.74, 6) is -1.63. The summed E-state index contributed by atoms with van der Waals surface area (Å²) in [5, 5.41) is 12.6. The first kappa shape index (κ1) is 13.0. The van der Waals surface area contributed by atoms with Gasteiger partial charge in [-0.1, -0.05) is 12.1 Å². The lowest BCUT2D eigenvalue weighted by Gasteiger charge is -2.00. The summed E-state index contributed by atoms with van der Waals surface area (Å²) in [7, 11) is 1.87. The Kier molecular flexibility index (Phi) is 4.33. The van der Waals surface area contributed by atoms with E-state index in [0.717, 1.165) is 24.0 Å². The first-order chi connectivity index (χ1) is 8.70. The molecule has 0 saturated carbocycles. The van der Waals surface area contributed by atoms with E-state index in [1.54, 1.807) is 6.07 Å². The van der Waals surface area contributed by atoms with Crippen molar-refractivity contribution in [1.82, 2.24) is 15.5 Å². The van der Waals surface area contributed by atoms with Gasteiger partial charge in [0.25, 0.3) is 0 Å². The molecular weight excluding hydrogens is 256 g/mol. The van der Waals surface area contributed by atoms with Crippen molar-refractivity contribution in [1.29, 1.82) is 0 Å². The fourth-order valence-electron chi connectivity index (χ4n) is 1.54. The standard InChI is InChI=1S/C12H13F2N3S/c1-15-6-5-10-16-17-11(18-10)7-8-3-2-4-9(13)12(8)14/h2-4,15H,5-7H2,1H3. The average Bonchev–Trinajstić information content (AvgIpc) is 2.80. The second-order valence-corrected chi connectivity index (χ2v) is 4.98. The number of nitrogens with zero attached hydrogens (tertiary/aromatic N) is 2. The van der Waals surface area contributed by atoms with E-state index in [1.807, 2.05) is 7.05 Å². The summed E-state index contributed by atoms with van der Waals surface area (Å²) >= 11 is 1.43. The zero-order valence-electron chi connectivity index (χ0n) is 9.91. The van der Waals surface area contributed by atoms with Gasteiger partial charge in [0, 0.05) is 19.4 Å². The lowest BCUT2D eigenvalue weighted by molar-refractivity contribution is 0.500. The molecule has 0 fully saturated rings. The Bertz CT molecular complexity index is 528. The zero-order valence-corrected chi connectivity index (χ0v) is 10.7. The fourth-order valence-corrected chi connectivity index (χ4v) is 2.41. The van der Waals surface area contributed by atoms with Crippen LogP contribution in [0.25, 0.3) is 0 Å². The van der Waals surface area contributed by atoms with Crippen molar-refractivity contribution < 1.29 is 8.78 Å². The molecule has 2 aromatic rings. The van der Waals surface area contributed by atoms with E-state index in [4.69, 9.17) is 0 Å². The Balaban J connectivity index is 2.09. The van der Waals surface area contributed by atoms with Crippen LogP contribution in [0.5, 0.6) is 0 Å². The van der Waals surface area contributed by atoms with Crippen molar-refractivity contribution in [2.45, 2.75) is 12.8 Å². The fraction of sp³-hybridized carbons (Fsp3) is 0.333. The minimum absolute atomic E-state index is 0.279. The molecule has 0 amide bonds. The maximum absolute atomic E-state index is 13.5. The quantitative estimate of drug-likeness (QED) is 0.904. The summed E-state index contributed by atoms with van der Waals surface area (Å²) in [6.07, 6.45) is 1.07. The van der Waals surface area contributed by atoms with Crippen molar-refractivity contribution in [3.63, 3.8) is 0 Å². The van der Waals surface area contributed by atoms with E-state index < -0.39 is 11.6 Å². The van der Waals surface area contributed by atoms with E-state index in [1.165, 1.54) is 17.4 Å². The van der Waals surface area contributed by atoms with Gasteiger partial charge < -0.3 is 5.32 Å². The Morgan fingerprint density at radius 3 is 2.78 bits per heavy atom. The lowest BCUT2D eigenvalue weighted by atomic mass is 10.1. The highest BCUT2D eigenvalue weighted by Crippen LogP contribution is 2.18. The molecular formula is C12H13F2N3S. The van der Waals surface area contributed by atoms with E-state index in [0.29, 0.717) is 10.6 Å². The summed E-state index contributed by atoms with van der Waals surface area (Å²) in [5.41, 5.74) is 0.311. The highest BCUT2D eigenvalue weighted by atomic mass is 32.1. The van der Waals surface area contributed by atoms with E-state index in [2.05, 4.69) is 15.5 Å². The number of benzene rings is 1. The number of rotatable bonds is 5. The van der Waals surface area contributed by atoms with E-state index in [-0.39, 0.29) is 6.42 Å². The number of halogens is 2. The van der Waals surface area contributed by atoms with Crippen molar-refractivity contribution >= 4 is 11.3 Å².